The van der Waals surface area contributed by atoms with Gasteiger partial charge in [-0.25, -0.2) is 0 Å². The van der Waals surface area contributed by atoms with Crippen LogP contribution in [0.5, 0.6) is 0 Å². The number of halogens is 1. The normalized spacial score (nSPS) is 18.0. The zero-order chi connectivity index (χ0) is 13.2. The Kier molecular flexibility index (Phi) is 3.91. The van der Waals surface area contributed by atoms with Gasteiger partial charge in [0.05, 0.1) is 27.7 Å². The van der Waals surface area contributed by atoms with Gasteiger partial charge in [-0.1, -0.05) is 24.4 Å². The molecule has 2 heterocycles. The van der Waals surface area contributed by atoms with Crippen LogP contribution in [-0.2, 0) is 6.42 Å². The number of rotatable bonds is 4. The highest BCUT2D eigenvalue weighted by molar-refractivity contribution is 7.10. The molecule has 0 radical (unpaired) electrons. The predicted octanol–water partition coefficient (Wildman–Crippen LogP) is 3.99. The van der Waals surface area contributed by atoms with Crippen molar-refractivity contribution in [1.29, 1.82) is 0 Å². The van der Waals surface area contributed by atoms with E-state index in [1.807, 2.05) is 23.7 Å². The fourth-order valence-corrected chi connectivity index (χ4v) is 3.86. The minimum Gasteiger partial charge on any atom is -0.387 e. The second kappa shape index (κ2) is 5.65. The van der Waals surface area contributed by atoms with Crippen LogP contribution in [0.3, 0.4) is 0 Å². The largest absolute Gasteiger partial charge is 0.387 e. The monoisotopic (exact) mass is 296 g/mol. The van der Waals surface area contributed by atoms with Crippen molar-refractivity contribution in [3.05, 3.63) is 39.3 Å². The maximum atomic E-state index is 10.2. The van der Waals surface area contributed by atoms with Crippen LogP contribution in [0.4, 0.5) is 0 Å². The van der Waals surface area contributed by atoms with Gasteiger partial charge in [-0.15, -0.1) is 11.3 Å². The maximum Gasteiger partial charge on any atom is 0.0952 e. The van der Waals surface area contributed by atoms with E-state index in [1.165, 1.54) is 37.0 Å². The quantitative estimate of drug-likeness (QED) is 0.926. The van der Waals surface area contributed by atoms with Crippen LogP contribution in [0.15, 0.2) is 23.7 Å². The Morgan fingerprint density at radius 2 is 2.21 bits per heavy atom. The van der Waals surface area contributed by atoms with Crippen molar-refractivity contribution >= 4 is 22.9 Å². The van der Waals surface area contributed by atoms with E-state index in [4.69, 9.17) is 11.6 Å². The van der Waals surface area contributed by atoms with Gasteiger partial charge in [0, 0.05) is 12.6 Å². The summed E-state index contributed by atoms with van der Waals surface area (Å²) >= 11 is 7.53. The molecular weight excluding hydrogens is 280 g/mol. The van der Waals surface area contributed by atoms with Gasteiger partial charge in [-0.3, -0.25) is 4.68 Å². The predicted molar refractivity (Wildman–Crippen MR) is 77.7 cm³/mol. The summed E-state index contributed by atoms with van der Waals surface area (Å²) in [6.45, 7) is 0. The number of thiophene rings is 1. The lowest BCUT2D eigenvalue weighted by molar-refractivity contribution is 0.180. The molecule has 1 aliphatic carbocycles. The van der Waals surface area contributed by atoms with Gasteiger partial charge in [0.1, 0.15) is 0 Å². The highest BCUT2D eigenvalue weighted by Gasteiger charge is 2.19. The zero-order valence-electron chi connectivity index (χ0n) is 10.6. The highest BCUT2D eigenvalue weighted by atomic mass is 35.5. The first-order chi connectivity index (χ1) is 9.24. The fraction of sp³-hybridized carbons (Fsp3) is 0.500. The molecular formula is C14H17ClN2OS. The van der Waals surface area contributed by atoms with Gasteiger partial charge in [0.25, 0.3) is 0 Å². The van der Waals surface area contributed by atoms with Crippen molar-refractivity contribution < 1.29 is 5.11 Å². The van der Waals surface area contributed by atoms with Crippen molar-refractivity contribution in [1.82, 2.24) is 9.78 Å². The Hall–Kier alpha value is -0.840. The van der Waals surface area contributed by atoms with E-state index >= 15 is 0 Å². The van der Waals surface area contributed by atoms with E-state index in [-0.39, 0.29) is 0 Å². The van der Waals surface area contributed by atoms with Crippen LogP contribution in [0.2, 0.25) is 5.02 Å². The van der Waals surface area contributed by atoms with Gasteiger partial charge in [-0.2, -0.15) is 5.10 Å². The van der Waals surface area contributed by atoms with Crippen molar-refractivity contribution in [3.63, 3.8) is 0 Å². The lowest BCUT2D eigenvalue weighted by atomic mass is 10.2. The molecule has 0 aromatic carbocycles. The second-order valence-corrected chi connectivity index (χ2v) is 6.43. The summed E-state index contributed by atoms with van der Waals surface area (Å²) < 4.78 is 2.06. The average molecular weight is 297 g/mol. The minimum atomic E-state index is -0.556. The van der Waals surface area contributed by atoms with Gasteiger partial charge in [-0.05, 0) is 30.4 Å². The second-order valence-electron chi connectivity index (χ2n) is 5.08. The molecule has 2 aromatic heterocycles. The van der Waals surface area contributed by atoms with E-state index in [0.717, 1.165) is 10.6 Å². The third-order valence-corrected chi connectivity index (χ3v) is 5.17. The smallest absolute Gasteiger partial charge is 0.0952 e. The van der Waals surface area contributed by atoms with Crippen molar-refractivity contribution in [2.45, 2.75) is 44.2 Å². The summed E-state index contributed by atoms with van der Waals surface area (Å²) in [5.41, 5.74) is 0.934. The number of hydrogen-bond acceptors (Lipinski definition) is 3. The summed E-state index contributed by atoms with van der Waals surface area (Å²) in [6, 6.07) is 4.38. The number of hydrogen-bond donors (Lipinski definition) is 1. The molecule has 2 aromatic rings. The third kappa shape index (κ3) is 2.86. The molecule has 19 heavy (non-hydrogen) atoms. The van der Waals surface area contributed by atoms with Crippen molar-refractivity contribution in [3.8, 4) is 0 Å². The summed E-state index contributed by atoms with van der Waals surface area (Å²) in [4.78, 5) is 0.831. The van der Waals surface area contributed by atoms with Gasteiger partial charge < -0.3 is 5.11 Å². The standard InChI is InChI=1S/C14H17ClN2OS/c15-12-6-8-19-14(12)13(18)9-10-5-7-17(16-10)11-3-1-2-4-11/h5-8,11,13,18H,1-4,9H2. The van der Waals surface area contributed by atoms with Crippen molar-refractivity contribution in [2.24, 2.45) is 0 Å². The lowest BCUT2D eigenvalue weighted by Gasteiger charge is -2.10. The molecule has 0 bridgehead atoms. The minimum absolute atomic E-state index is 0.528. The van der Waals surface area contributed by atoms with Crippen LogP contribution in [-0.4, -0.2) is 14.9 Å². The van der Waals surface area contributed by atoms with Gasteiger partial charge in [0.15, 0.2) is 0 Å². The van der Waals surface area contributed by atoms with E-state index in [1.54, 1.807) is 0 Å². The summed E-state index contributed by atoms with van der Waals surface area (Å²) in [5, 5.41) is 17.3. The molecule has 3 rings (SSSR count). The van der Waals surface area contributed by atoms with Gasteiger partial charge >= 0.3 is 0 Å². The number of nitrogens with zero attached hydrogens (tertiary/aromatic N) is 2. The molecule has 0 amide bonds. The first-order valence-electron chi connectivity index (χ1n) is 6.69. The van der Waals surface area contributed by atoms with Crippen LogP contribution < -0.4 is 0 Å². The molecule has 1 atom stereocenters. The molecule has 0 saturated heterocycles. The number of aromatic nitrogens is 2. The lowest BCUT2D eigenvalue weighted by Crippen LogP contribution is -2.07. The molecule has 1 unspecified atom stereocenters. The Labute approximate surface area is 121 Å². The Morgan fingerprint density at radius 3 is 2.89 bits per heavy atom. The fourth-order valence-electron chi connectivity index (χ4n) is 2.69. The Morgan fingerprint density at radius 1 is 1.42 bits per heavy atom. The number of aliphatic hydroxyl groups is 1. The molecule has 5 heteroatoms. The maximum absolute atomic E-state index is 10.2. The van der Waals surface area contributed by atoms with E-state index in [0.29, 0.717) is 17.5 Å². The molecule has 1 saturated carbocycles. The molecule has 3 nitrogen and oxygen atoms in total. The molecule has 1 aliphatic rings. The molecule has 102 valence electrons. The third-order valence-electron chi connectivity index (χ3n) is 3.71. The number of aliphatic hydroxyl groups excluding tert-OH is 1. The summed E-state index contributed by atoms with van der Waals surface area (Å²) in [6.07, 6.45) is 7.05. The van der Waals surface area contributed by atoms with Crippen LogP contribution in [0.1, 0.15) is 48.4 Å². The first kappa shape index (κ1) is 13.2. The molecule has 1 N–H and O–H groups in total. The van der Waals surface area contributed by atoms with Crippen LogP contribution in [0.25, 0.3) is 0 Å². The van der Waals surface area contributed by atoms with Crippen LogP contribution in [0, 0.1) is 0 Å². The van der Waals surface area contributed by atoms with E-state index < -0.39 is 6.10 Å². The van der Waals surface area contributed by atoms with E-state index in [2.05, 4.69) is 9.78 Å². The molecule has 0 aliphatic heterocycles. The average Bonchev–Trinajstić information content (AvgIpc) is 3.07. The summed E-state index contributed by atoms with van der Waals surface area (Å²) in [5.74, 6) is 0. The highest BCUT2D eigenvalue weighted by Crippen LogP contribution is 2.31. The first-order valence-corrected chi connectivity index (χ1v) is 7.95. The zero-order valence-corrected chi connectivity index (χ0v) is 12.2. The molecule has 1 fully saturated rings. The van der Waals surface area contributed by atoms with Crippen LogP contribution >= 0.6 is 22.9 Å². The summed E-state index contributed by atoms with van der Waals surface area (Å²) in [7, 11) is 0. The van der Waals surface area contributed by atoms with Crippen molar-refractivity contribution in [2.75, 3.05) is 0 Å². The Balaban J connectivity index is 1.68. The topological polar surface area (TPSA) is 38.0 Å². The van der Waals surface area contributed by atoms with E-state index in [9.17, 15) is 5.11 Å². The molecule has 0 spiro atoms. The SMILES string of the molecule is OC(Cc1ccn(C2CCCC2)n1)c1sccc1Cl. The Bertz CT molecular complexity index is 545. The van der Waals surface area contributed by atoms with Gasteiger partial charge in [0.2, 0.25) is 0 Å².